The van der Waals surface area contributed by atoms with Crippen molar-refractivity contribution in [1.82, 2.24) is 4.90 Å². The lowest BCUT2D eigenvalue weighted by Gasteiger charge is -2.38. The second-order valence-electron chi connectivity index (χ2n) is 6.12. The maximum absolute atomic E-state index is 9.33. The second-order valence-corrected chi connectivity index (χ2v) is 6.12. The molecule has 3 nitrogen and oxygen atoms in total. The Morgan fingerprint density at radius 2 is 1.65 bits per heavy atom. The quantitative estimate of drug-likeness (QED) is 0.748. The van der Waals surface area contributed by atoms with E-state index in [0.29, 0.717) is 6.04 Å². The molecule has 1 aliphatic carbocycles. The third-order valence-electron chi connectivity index (χ3n) is 4.41. The molecule has 0 aromatic rings. The summed E-state index contributed by atoms with van der Waals surface area (Å²) >= 11 is 0. The van der Waals surface area contributed by atoms with Crippen molar-refractivity contribution in [1.29, 1.82) is 0 Å². The minimum Gasteiger partial charge on any atom is -0.396 e. The molecule has 1 fully saturated rings. The molecule has 3 heteroatoms. The number of rotatable bonds is 6. The highest BCUT2D eigenvalue weighted by Crippen LogP contribution is 2.30. The maximum atomic E-state index is 9.33. The van der Waals surface area contributed by atoms with Crippen molar-refractivity contribution < 1.29 is 10.2 Å². The maximum Gasteiger partial charge on any atom is 0.0519 e. The van der Waals surface area contributed by atoms with Crippen molar-refractivity contribution in [3.05, 3.63) is 0 Å². The summed E-state index contributed by atoms with van der Waals surface area (Å²) in [4.78, 5) is 2.33. The first-order valence-electron chi connectivity index (χ1n) is 6.96. The molecule has 0 amide bonds. The van der Waals surface area contributed by atoms with Crippen molar-refractivity contribution in [2.75, 3.05) is 26.8 Å². The Kier molecular flexibility index (Phi) is 5.90. The van der Waals surface area contributed by atoms with Crippen LogP contribution in [0.15, 0.2) is 0 Å². The van der Waals surface area contributed by atoms with E-state index >= 15 is 0 Å². The zero-order valence-corrected chi connectivity index (χ0v) is 11.7. The molecule has 1 saturated carbocycles. The summed E-state index contributed by atoms with van der Waals surface area (Å²) in [6.45, 7) is 5.11. The minimum atomic E-state index is -0.365. The van der Waals surface area contributed by atoms with Gasteiger partial charge in [0.1, 0.15) is 0 Å². The third-order valence-corrected chi connectivity index (χ3v) is 4.41. The number of hydrogen-bond donors (Lipinski definition) is 2. The molecule has 102 valence electrons. The van der Waals surface area contributed by atoms with Crippen molar-refractivity contribution in [3.63, 3.8) is 0 Å². The SMILES string of the molecule is CCC1CCC(N(C)CC(C)(CO)CO)CC1. The van der Waals surface area contributed by atoms with Crippen LogP contribution >= 0.6 is 0 Å². The Hall–Kier alpha value is -0.120. The van der Waals surface area contributed by atoms with Crippen LogP contribution in [-0.4, -0.2) is 48.0 Å². The van der Waals surface area contributed by atoms with Gasteiger partial charge in [0.05, 0.1) is 13.2 Å². The largest absolute Gasteiger partial charge is 0.396 e. The van der Waals surface area contributed by atoms with E-state index in [0.717, 1.165) is 12.5 Å². The molecule has 0 atom stereocenters. The van der Waals surface area contributed by atoms with Gasteiger partial charge < -0.3 is 15.1 Å². The normalized spacial score (nSPS) is 26.5. The monoisotopic (exact) mass is 243 g/mol. The first-order chi connectivity index (χ1) is 8.04. The van der Waals surface area contributed by atoms with Crippen molar-refractivity contribution >= 4 is 0 Å². The zero-order chi connectivity index (χ0) is 12.9. The average Bonchev–Trinajstić information content (AvgIpc) is 2.38. The van der Waals surface area contributed by atoms with Gasteiger partial charge in [0.15, 0.2) is 0 Å². The van der Waals surface area contributed by atoms with Crippen LogP contribution in [0.2, 0.25) is 0 Å². The highest BCUT2D eigenvalue weighted by Gasteiger charge is 2.29. The van der Waals surface area contributed by atoms with Crippen LogP contribution in [-0.2, 0) is 0 Å². The van der Waals surface area contributed by atoms with Gasteiger partial charge in [-0.15, -0.1) is 0 Å². The van der Waals surface area contributed by atoms with E-state index in [-0.39, 0.29) is 18.6 Å². The first-order valence-corrected chi connectivity index (χ1v) is 6.96. The van der Waals surface area contributed by atoms with Crippen LogP contribution in [0.4, 0.5) is 0 Å². The molecule has 2 N–H and O–H groups in total. The molecular formula is C14H29NO2. The molecule has 0 heterocycles. The average molecular weight is 243 g/mol. The topological polar surface area (TPSA) is 43.7 Å². The fraction of sp³-hybridized carbons (Fsp3) is 1.00. The number of aliphatic hydroxyl groups is 2. The summed E-state index contributed by atoms with van der Waals surface area (Å²) in [5.74, 6) is 0.918. The predicted octanol–water partition coefficient (Wildman–Crippen LogP) is 1.88. The van der Waals surface area contributed by atoms with Crippen LogP contribution in [0.1, 0.15) is 46.0 Å². The Morgan fingerprint density at radius 1 is 1.12 bits per heavy atom. The Balaban J connectivity index is 2.41. The molecule has 0 aromatic carbocycles. The fourth-order valence-electron chi connectivity index (χ4n) is 2.88. The molecule has 1 aliphatic rings. The molecule has 1 rings (SSSR count). The zero-order valence-electron chi connectivity index (χ0n) is 11.7. The molecule has 0 bridgehead atoms. The number of nitrogens with zero attached hydrogens (tertiary/aromatic N) is 1. The summed E-state index contributed by atoms with van der Waals surface area (Å²) in [5.41, 5.74) is -0.365. The lowest BCUT2D eigenvalue weighted by molar-refractivity contribution is 0.0231. The van der Waals surface area contributed by atoms with E-state index in [4.69, 9.17) is 0 Å². The van der Waals surface area contributed by atoms with Crippen molar-refractivity contribution in [2.45, 2.75) is 52.0 Å². The molecule has 0 saturated heterocycles. The van der Waals surface area contributed by atoms with E-state index in [9.17, 15) is 10.2 Å². The molecule has 0 radical (unpaired) electrons. The number of aliphatic hydroxyl groups excluding tert-OH is 2. The minimum absolute atomic E-state index is 0.0537. The van der Waals surface area contributed by atoms with Gasteiger partial charge in [-0.1, -0.05) is 20.3 Å². The van der Waals surface area contributed by atoms with Gasteiger partial charge in [-0.3, -0.25) is 0 Å². The van der Waals surface area contributed by atoms with Crippen LogP contribution in [0.5, 0.6) is 0 Å². The standard InChI is InChI=1S/C14H29NO2/c1-4-12-5-7-13(8-6-12)15(3)9-14(2,10-16)11-17/h12-13,16-17H,4-11H2,1-3H3. The van der Waals surface area contributed by atoms with Gasteiger partial charge in [-0.25, -0.2) is 0 Å². The number of hydrogen-bond acceptors (Lipinski definition) is 3. The van der Waals surface area contributed by atoms with E-state index in [1.54, 1.807) is 0 Å². The van der Waals surface area contributed by atoms with Crippen molar-refractivity contribution in [3.8, 4) is 0 Å². The molecule has 0 aliphatic heterocycles. The van der Waals surface area contributed by atoms with E-state index in [1.165, 1.54) is 32.1 Å². The smallest absolute Gasteiger partial charge is 0.0519 e. The van der Waals surface area contributed by atoms with Gasteiger partial charge in [0, 0.05) is 18.0 Å². The van der Waals surface area contributed by atoms with Crippen LogP contribution in [0.3, 0.4) is 0 Å². The fourth-order valence-corrected chi connectivity index (χ4v) is 2.88. The van der Waals surface area contributed by atoms with Crippen LogP contribution in [0, 0.1) is 11.3 Å². The Bertz CT molecular complexity index is 208. The molecule has 17 heavy (non-hydrogen) atoms. The van der Waals surface area contributed by atoms with Crippen LogP contribution < -0.4 is 0 Å². The summed E-state index contributed by atoms with van der Waals surface area (Å²) < 4.78 is 0. The Morgan fingerprint density at radius 3 is 2.06 bits per heavy atom. The van der Waals surface area contributed by atoms with E-state index in [1.807, 2.05) is 6.92 Å². The molecule has 0 spiro atoms. The van der Waals surface area contributed by atoms with Gasteiger partial charge in [0.2, 0.25) is 0 Å². The molecular weight excluding hydrogens is 214 g/mol. The summed E-state index contributed by atoms with van der Waals surface area (Å²) in [6, 6.07) is 0.634. The van der Waals surface area contributed by atoms with Gasteiger partial charge >= 0.3 is 0 Å². The lowest BCUT2D eigenvalue weighted by atomic mass is 9.83. The van der Waals surface area contributed by atoms with E-state index in [2.05, 4.69) is 18.9 Å². The van der Waals surface area contributed by atoms with Gasteiger partial charge in [0.25, 0.3) is 0 Å². The van der Waals surface area contributed by atoms with Gasteiger partial charge in [-0.05, 0) is 38.6 Å². The summed E-state index contributed by atoms with van der Waals surface area (Å²) in [7, 11) is 2.13. The van der Waals surface area contributed by atoms with Gasteiger partial charge in [-0.2, -0.15) is 0 Å². The lowest BCUT2D eigenvalue weighted by Crippen LogP contribution is -2.44. The molecule has 0 unspecified atom stereocenters. The Labute approximate surface area is 106 Å². The van der Waals surface area contributed by atoms with Crippen LogP contribution in [0.25, 0.3) is 0 Å². The molecule has 0 aromatic heterocycles. The second kappa shape index (κ2) is 6.72. The predicted molar refractivity (Wildman–Crippen MR) is 70.9 cm³/mol. The highest BCUT2D eigenvalue weighted by molar-refractivity contribution is 4.82. The van der Waals surface area contributed by atoms with E-state index < -0.39 is 0 Å². The van der Waals surface area contributed by atoms with Crippen molar-refractivity contribution in [2.24, 2.45) is 11.3 Å². The summed E-state index contributed by atoms with van der Waals surface area (Å²) in [6.07, 6.45) is 6.51. The summed E-state index contributed by atoms with van der Waals surface area (Å²) in [5, 5.41) is 18.7. The third kappa shape index (κ3) is 4.23. The first kappa shape index (κ1) is 14.9. The highest BCUT2D eigenvalue weighted by atomic mass is 16.3.